The fourth-order valence-electron chi connectivity index (χ4n) is 2.61. The van der Waals surface area contributed by atoms with E-state index in [1.807, 2.05) is 18.7 Å². The summed E-state index contributed by atoms with van der Waals surface area (Å²) in [6.45, 7) is 9.01. The number of hydrogen-bond acceptors (Lipinski definition) is 3. The van der Waals surface area contributed by atoms with Gasteiger partial charge in [0.25, 0.3) is 0 Å². The Bertz CT molecular complexity index is 356. The van der Waals surface area contributed by atoms with E-state index in [2.05, 4.69) is 24.5 Å². The van der Waals surface area contributed by atoms with Gasteiger partial charge in [0.15, 0.2) is 0 Å². The topological polar surface area (TPSA) is 81.7 Å². The van der Waals surface area contributed by atoms with Crippen LogP contribution in [0.1, 0.15) is 47.0 Å². The fourth-order valence-corrected chi connectivity index (χ4v) is 2.61. The smallest absolute Gasteiger partial charge is 0.317 e. The van der Waals surface area contributed by atoms with E-state index >= 15 is 0 Å². The molecule has 122 valence electrons. The molecule has 0 aromatic carbocycles. The van der Waals surface area contributed by atoms with Gasteiger partial charge in [-0.25, -0.2) is 4.79 Å². The molecular weight excluding hydrogens is 270 g/mol. The zero-order valence-electron chi connectivity index (χ0n) is 13.6. The first kappa shape index (κ1) is 17.8. The van der Waals surface area contributed by atoms with E-state index in [4.69, 9.17) is 5.11 Å². The quantitative estimate of drug-likeness (QED) is 0.636. The summed E-state index contributed by atoms with van der Waals surface area (Å²) in [6, 6.07) is 0.461. The predicted octanol–water partition coefficient (Wildman–Crippen LogP) is 1.66. The molecule has 0 heterocycles. The highest BCUT2D eigenvalue weighted by atomic mass is 16.4. The zero-order valence-corrected chi connectivity index (χ0v) is 13.6. The maximum atomic E-state index is 11.9. The SMILES string of the molecule is CCC(C)C(C)NC(=O)NC1CC(N(CC)CC(=O)O)C1. The standard InChI is InChI=1S/C15H29N3O3/c1-5-10(3)11(4)16-15(21)17-12-7-13(8-12)18(6-2)9-14(19)20/h10-13H,5-9H2,1-4H3,(H,19,20)(H2,16,17,21). The lowest BCUT2D eigenvalue weighted by molar-refractivity contribution is -0.139. The Labute approximate surface area is 127 Å². The zero-order chi connectivity index (χ0) is 16.0. The number of nitrogens with one attached hydrogen (secondary N) is 2. The van der Waals surface area contributed by atoms with E-state index in [9.17, 15) is 9.59 Å². The van der Waals surface area contributed by atoms with Gasteiger partial charge in [-0.05, 0) is 32.2 Å². The predicted molar refractivity (Wildman–Crippen MR) is 82.3 cm³/mol. The Hall–Kier alpha value is -1.30. The first-order valence-electron chi connectivity index (χ1n) is 7.90. The number of rotatable bonds is 8. The summed E-state index contributed by atoms with van der Waals surface area (Å²) in [5, 5.41) is 14.8. The molecule has 2 unspecified atom stereocenters. The number of amides is 2. The second kappa shape index (κ2) is 8.22. The summed E-state index contributed by atoms with van der Waals surface area (Å²) >= 11 is 0. The van der Waals surface area contributed by atoms with Gasteiger partial charge in [-0.15, -0.1) is 0 Å². The van der Waals surface area contributed by atoms with Gasteiger partial charge in [-0.3, -0.25) is 9.69 Å². The van der Waals surface area contributed by atoms with E-state index in [1.54, 1.807) is 0 Å². The first-order chi connectivity index (χ1) is 9.87. The van der Waals surface area contributed by atoms with Crippen molar-refractivity contribution in [3.05, 3.63) is 0 Å². The van der Waals surface area contributed by atoms with E-state index in [0.29, 0.717) is 5.92 Å². The summed E-state index contributed by atoms with van der Waals surface area (Å²) in [7, 11) is 0. The van der Waals surface area contributed by atoms with Crippen molar-refractivity contribution in [1.29, 1.82) is 0 Å². The molecule has 1 saturated carbocycles. The number of aliphatic carboxylic acids is 1. The van der Waals surface area contributed by atoms with Crippen LogP contribution in [0.25, 0.3) is 0 Å². The Kier molecular flexibility index (Phi) is 6.95. The van der Waals surface area contributed by atoms with Crippen molar-refractivity contribution in [3.63, 3.8) is 0 Å². The maximum Gasteiger partial charge on any atom is 0.317 e. The highest BCUT2D eigenvalue weighted by molar-refractivity contribution is 5.74. The Morgan fingerprint density at radius 1 is 1.29 bits per heavy atom. The molecule has 1 rings (SSSR count). The number of carbonyl (C=O) groups is 2. The molecule has 21 heavy (non-hydrogen) atoms. The average Bonchev–Trinajstić information content (AvgIpc) is 2.38. The van der Waals surface area contributed by atoms with Crippen LogP contribution in [0.5, 0.6) is 0 Å². The third-order valence-corrected chi connectivity index (χ3v) is 4.57. The van der Waals surface area contributed by atoms with Gasteiger partial charge in [0.05, 0.1) is 6.54 Å². The van der Waals surface area contributed by atoms with Gasteiger partial charge < -0.3 is 15.7 Å². The number of carboxylic acids is 1. The van der Waals surface area contributed by atoms with Gasteiger partial charge in [-0.2, -0.15) is 0 Å². The van der Waals surface area contributed by atoms with Gasteiger partial charge in [0, 0.05) is 18.1 Å². The van der Waals surface area contributed by atoms with Crippen molar-refractivity contribution in [2.45, 2.75) is 65.1 Å². The Morgan fingerprint density at radius 3 is 2.38 bits per heavy atom. The van der Waals surface area contributed by atoms with E-state index in [-0.39, 0.29) is 30.7 Å². The second-order valence-electron chi connectivity index (χ2n) is 6.07. The summed E-state index contributed by atoms with van der Waals surface area (Å²) in [6.07, 6.45) is 2.69. The van der Waals surface area contributed by atoms with Crippen molar-refractivity contribution in [2.24, 2.45) is 5.92 Å². The molecule has 0 aromatic rings. The van der Waals surface area contributed by atoms with Crippen molar-refractivity contribution in [3.8, 4) is 0 Å². The molecule has 0 saturated heterocycles. The van der Waals surface area contributed by atoms with Crippen LogP contribution in [0.4, 0.5) is 4.79 Å². The summed E-state index contributed by atoms with van der Waals surface area (Å²) in [5.74, 6) is -0.343. The van der Waals surface area contributed by atoms with Crippen molar-refractivity contribution >= 4 is 12.0 Å². The lowest BCUT2D eigenvalue weighted by Crippen LogP contribution is -2.57. The van der Waals surface area contributed by atoms with Crippen LogP contribution in [-0.4, -0.2) is 53.2 Å². The molecule has 0 bridgehead atoms. The van der Waals surface area contributed by atoms with Crippen molar-refractivity contribution < 1.29 is 14.7 Å². The first-order valence-corrected chi connectivity index (χ1v) is 7.90. The van der Waals surface area contributed by atoms with Crippen molar-refractivity contribution in [2.75, 3.05) is 13.1 Å². The minimum atomic E-state index is -0.798. The van der Waals surface area contributed by atoms with Crippen molar-refractivity contribution in [1.82, 2.24) is 15.5 Å². The van der Waals surface area contributed by atoms with E-state index in [1.165, 1.54) is 0 Å². The molecular formula is C15H29N3O3. The molecule has 1 aliphatic carbocycles. The van der Waals surface area contributed by atoms with Crippen LogP contribution in [0.15, 0.2) is 0 Å². The van der Waals surface area contributed by atoms with Crippen LogP contribution in [0.2, 0.25) is 0 Å². The van der Waals surface area contributed by atoms with Gasteiger partial charge >= 0.3 is 12.0 Å². The maximum absolute atomic E-state index is 11.9. The van der Waals surface area contributed by atoms with Crippen LogP contribution in [0, 0.1) is 5.92 Å². The number of hydrogen-bond donors (Lipinski definition) is 3. The van der Waals surface area contributed by atoms with Gasteiger partial charge in [0.1, 0.15) is 0 Å². The third-order valence-electron chi connectivity index (χ3n) is 4.57. The molecule has 0 aliphatic heterocycles. The lowest BCUT2D eigenvalue weighted by Gasteiger charge is -2.42. The minimum absolute atomic E-state index is 0.0745. The van der Waals surface area contributed by atoms with Gasteiger partial charge in [0.2, 0.25) is 0 Å². The number of likely N-dealkylation sites (N-methyl/N-ethyl adjacent to an activating group) is 1. The molecule has 1 fully saturated rings. The summed E-state index contributed by atoms with van der Waals surface area (Å²) in [5.41, 5.74) is 0. The molecule has 6 heteroatoms. The molecule has 0 radical (unpaired) electrons. The van der Waals surface area contributed by atoms with Gasteiger partial charge in [-0.1, -0.05) is 27.2 Å². The number of carboxylic acid groups (broad SMARTS) is 1. The molecule has 2 atom stereocenters. The molecule has 0 aromatic heterocycles. The highest BCUT2D eigenvalue weighted by Crippen LogP contribution is 2.25. The molecule has 0 spiro atoms. The Balaban J connectivity index is 2.28. The van der Waals surface area contributed by atoms with Crippen LogP contribution >= 0.6 is 0 Å². The fraction of sp³-hybridized carbons (Fsp3) is 0.867. The molecule has 3 N–H and O–H groups in total. The average molecular weight is 299 g/mol. The summed E-state index contributed by atoms with van der Waals surface area (Å²) in [4.78, 5) is 24.6. The van der Waals surface area contributed by atoms with E-state index in [0.717, 1.165) is 25.8 Å². The number of carbonyl (C=O) groups excluding carboxylic acids is 1. The van der Waals surface area contributed by atoms with Crippen LogP contribution in [0.3, 0.4) is 0 Å². The molecule has 6 nitrogen and oxygen atoms in total. The molecule has 2 amide bonds. The van der Waals surface area contributed by atoms with E-state index < -0.39 is 5.97 Å². The Morgan fingerprint density at radius 2 is 1.90 bits per heavy atom. The number of nitrogens with zero attached hydrogens (tertiary/aromatic N) is 1. The number of urea groups is 1. The van der Waals surface area contributed by atoms with Crippen LogP contribution < -0.4 is 10.6 Å². The minimum Gasteiger partial charge on any atom is -0.480 e. The monoisotopic (exact) mass is 299 g/mol. The van der Waals surface area contributed by atoms with Crippen LogP contribution in [-0.2, 0) is 4.79 Å². The second-order valence-corrected chi connectivity index (χ2v) is 6.07. The lowest BCUT2D eigenvalue weighted by atomic mass is 9.85. The summed E-state index contributed by atoms with van der Waals surface area (Å²) < 4.78 is 0. The third kappa shape index (κ3) is 5.53. The molecule has 1 aliphatic rings. The normalized spacial score (nSPS) is 24.0. The highest BCUT2D eigenvalue weighted by Gasteiger charge is 2.34. The largest absolute Gasteiger partial charge is 0.480 e.